The Morgan fingerprint density at radius 1 is 1.06 bits per heavy atom. The van der Waals surface area contributed by atoms with Gasteiger partial charge in [-0.2, -0.15) is 0 Å². The molecule has 0 saturated carbocycles. The number of halogens is 4. The molecular formula is C26H28Cl4N2O3. The molecule has 3 atom stereocenters. The zero-order chi connectivity index (χ0) is 25.0. The summed E-state index contributed by atoms with van der Waals surface area (Å²) in [5.74, 6) is 0. The van der Waals surface area contributed by atoms with E-state index in [4.69, 9.17) is 60.6 Å². The molecule has 0 radical (unpaired) electrons. The molecule has 1 fully saturated rings. The van der Waals surface area contributed by atoms with Crippen molar-refractivity contribution in [2.45, 2.75) is 63.8 Å². The average molecular weight is 558 g/mol. The second-order valence-electron chi connectivity index (χ2n) is 9.12. The molecule has 0 bridgehead atoms. The van der Waals surface area contributed by atoms with Crippen LogP contribution in [0, 0.1) is 0 Å². The van der Waals surface area contributed by atoms with Crippen LogP contribution in [0.2, 0.25) is 20.1 Å². The van der Waals surface area contributed by atoms with Crippen molar-refractivity contribution in [1.82, 2.24) is 9.55 Å². The maximum Gasteiger partial charge on any atom is 0.159 e. The van der Waals surface area contributed by atoms with Crippen molar-refractivity contribution in [1.29, 1.82) is 0 Å². The van der Waals surface area contributed by atoms with Gasteiger partial charge in [-0.05, 0) is 57.4 Å². The Hall–Kier alpha value is -1.31. The van der Waals surface area contributed by atoms with E-state index in [1.807, 2.05) is 48.9 Å². The van der Waals surface area contributed by atoms with E-state index in [9.17, 15) is 0 Å². The average Bonchev–Trinajstić information content (AvgIpc) is 3.30. The first kappa shape index (κ1) is 26.7. The Labute approximate surface area is 226 Å². The maximum absolute atomic E-state index is 6.50. The number of aromatic nitrogens is 2. The van der Waals surface area contributed by atoms with Crippen molar-refractivity contribution in [2.24, 2.45) is 0 Å². The summed E-state index contributed by atoms with van der Waals surface area (Å²) in [4.78, 5) is 4.13. The summed E-state index contributed by atoms with van der Waals surface area (Å²) in [5.41, 5.74) is 1.09. The molecule has 0 amide bonds. The third-order valence-electron chi connectivity index (χ3n) is 6.04. The Balaban J connectivity index is 1.41. The molecule has 5 nitrogen and oxygen atoms in total. The number of ether oxygens (including phenoxy) is 3. The minimum atomic E-state index is -0.643. The lowest BCUT2D eigenvalue weighted by molar-refractivity contribution is -0.249. The second kappa shape index (κ2) is 11.8. The number of benzene rings is 2. The lowest BCUT2D eigenvalue weighted by Crippen LogP contribution is -2.38. The van der Waals surface area contributed by atoms with Crippen LogP contribution in [0.1, 0.15) is 50.3 Å². The fourth-order valence-electron chi connectivity index (χ4n) is 4.26. The number of hydrogen-bond donors (Lipinski definition) is 0. The van der Waals surface area contributed by atoms with Crippen LogP contribution in [-0.4, -0.2) is 28.6 Å². The maximum atomic E-state index is 6.50. The van der Waals surface area contributed by atoms with Crippen molar-refractivity contribution >= 4 is 46.4 Å². The van der Waals surface area contributed by atoms with Gasteiger partial charge in [0.15, 0.2) is 6.29 Å². The highest BCUT2D eigenvalue weighted by Gasteiger charge is 2.32. The van der Waals surface area contributed by atoms with Crippen molar-refractivity contribution in [3.05, 3.63) is 86.3 Å². The molecule has 0 spiro atoms. The molecule has 188 valence electrons. The zero-order valence-electron chi connectivity index (χ0n) is 19.6. The molecule has 3 aromatic rings. The third-order valence-corrected chi connectivity index (χ3v) is 7.15. The Bertz CT molecular complexity index is 1120. The van der Waals surface area contributed by atoms with E-state index in [2.05, 4.69) is 4.98 Å². The lowest BCUT2D eigenvalue weighted by Gasteiger charge is -2.37. The molecular weight excluding hydrogens is 530 g/mol. The second-order valence-corrected chi connectivity index (χ2v) is 10.8. The summed E-state index contributed by atoms with van der Waals surface area (Å²) in [7, 11) is 0. The zero-order valence-corrected chi connectivity index (χ0v) is 22.6. The molecule has 1 aromatic heterocycles. The third kappa shape index (κ3) is 7.14. The van der Waals surface area contributed by atoms with Crippen LogP contribution in [0.4, 0.5) is 0 Å². The van der Waals surface area contributed by atoms with Crippen molar-refractivity contribution in [3.8, 4) is 0 Å². The Kier molecular flexibility index (Phi) is 9.04. The first-order chi connectivity index (χ1) is 16.7. The molecule has 3 unspecified atom stereocenters. The van der Waals surface area contributed by atoms with E-state index in [1.54, 1.807) is 24.7 Å². The highest BCUT2D eigenvalue weighted by molar-refractivity contribution is 6.35. The first-order valence-electron chi connectivity index (χ1n) is 11.5. The van der Waals surface area contributed by atoms with Gasteiger partial charge >= 0.3 is 0 Å². The van der Waals surface area contributed by atoms with Crippen LogP contribution in [0.25, 0.3) is 0 Å². The molecule has 4 rings (SSSR count). The van der Waals surface area contributed by atoms with Gasteiger partial charge in [0.25, 0.3) is 0 Å². The van der Waals surface area contributed by atoms with E-state index >= 15 is 0 Å². The molecule has 35 heavy (non-hydrogen) atoms. The highest BCUT2D eigenvalue weighted by Crippen LogP contribution is 2.36. The van der Waals surface area contributed by atoms with E-state index in [0.717, 1.165) is 30.4 Å². The molecule has 1 aliphatic heterocycles. The Morgan fingerprint density at radius 2 is 1.80 bits per heavy atom. The van der Waals surface area contributed by atoms with Gasteiger partial charge < -0.3 is 18.8 Å². The van der Waals surface area contributed by atoms with Crippen LogP contribution in [0.15, 0.2) is 55.1 Å². The van der Waals surface area contributed by atoms with E-state index in [1.165, 1.54) is 0 Å². The summed E-state index contributed by atoms with van der Waals surface area (Å²) >= 11 is 25.1. The standard InChI is InChI=1S/C26H28Cl4N2O3/c1-26(2,21-9-7-18(28)13-23(21)30)35-25-5-3-4-19(34-25)15-33-24(14-32-11-10-31-16-32)20-8-6-17(27)12-22(20)29/h6-13,16,19,24-25H,3-5,14-15H2,1-2H3. The van der Waals surface area contributed by atoms with Gasteiger partial charge in [0.05, 0.1) is 31.2 Å². The van der Waals surface area contributed by atoms with Gasteiger partial charge in [0, 0.05) is 43.6 Å². The van der Waals surface area contributed by atoms with Crippen molar-refractivity contribution in [2.75, 3.05) is 6.61 Å². The largest absolute Gasteiger partial charge is 0.369 e. The van der Waals surface area contributed by atoms with Crippen LogP contribution < -0.4 is 0 Å². The molecule has 2 heterocycles. The molecule has 0 aliphatic carbocycles. The normalized spacial score (nSPS) is 19.6. The van der Waals surface area contributed by atoms with Gasteiger partial charge in [-0.3, -0.25) is 0 Å². The molecule has 9 heteroatoms. The number of nitrogens with zero attached hydrogens (tertiary/aromatic N) is 2. The van der Waals surface area contributed by atoms with Gasteiger partial charge in [-0.1, -0.05) is 58.5 Å². The first-order valence-corrected chi connectivity index (χ1v) is 13.0. The summed E-state index contributed by atoms with van der Waals surface area (Å²) in [6, 6.07) is 10.9. The van der Waals surface area contributed by atoms with Crippen LogP contribution in [0.5, 0.6) is 0 Å². The Morgan fingerprint density at radius 3 is 2.49 bits per heavy atom. The fraction of sp³-hybridized carbons (Fsp3) is 0.423. The molecule has 0 N–H and O–H groups in total. The minimum absolute atomic E-state index is 0.110. The molecule has 1 saturated heterocycles. The van der Waals surface area contributed by atoms with Crippen LogP contribution in [-0.2, 0) is 26.4 Å². The van der Waals surface area contributed by atoms with Gasteiger partial charge in [0.1, 0.15) is 6.10 Å². The predicted octanol–water partition coefficient (Wildman–Crippen LogP) is 8.10. The minimum Gasteiger partial charge on any atom is -0.369 e. The number of rotatable bonds is 9. The summed E-state index contributed by atoms with van der Waals surface area (Å²) in [6.07, 6.45) is 7.27. The highest BCUT2D eigenvalue weighted by atomic mass is 35.5. The summed E-state index contributed by atoms with van der Waals surface area (Å²) in [5, 5.41) is 2.31. The van der Waals surface area contributed by atoms with Crippen LogP contribution in [0.3, 0.4) is 0 Å². The number of hydrogen-bond acceptors (Lipinski definition) is 4. The van der Waals surface area contributed by atoms with Gasteiger partial charge in [0.2, 0.25) is 0 Å². The summed E-state index contributed by atoms with van der Waals surface area (Å²) in [6.45, 7) is 4.93. The monoisotopic (exact) mass is 556 g/mol. The fourth-order valence-corrected chi connectivity index (χ4v) is 5.42. The van der Waals surface area contributed by atoms with Crippen molar-refractivity contribution in [3.63, 3.8) is 0 Å². The smallest absolute Gasteiger partial charge is 0.159 e. The lowest BCUT2D eigenvalue weighted by atomic mass is 9.97. The predicted molar refractivity (Wildman–Crippen MR) is 140 cm³/mol. The molecule has 2 aromatic carbocycles. The number of imidazole rings is 1. The van der Waals surface area contributed by atoms with Crippen molar-refractivity contribution < 1.29 is 14.2 Å². The van der Waals surface area contributed by atoms with E-state index in [0.29, 0.717) is 33.2 Å². The van der Waals surface area contributed by atoms with Gasteiger partial charge in [-0.25, -0.2) is 4.98 Å². The quantitative estimate of drug-likeness (QED) is 0.266. The topological polar surface area (TPSA) is 45.5 Å². The van der Waals surface area contributed by atoms with E-state index in [-0.39, 0.29) is 18.5 Å². The van der Waals surface area contributed by atoms with Gasteiger partial charge in [-0.15, -0.1) is 0 Å². The summed E-state index contributed by atoms with van der Waals surface area (Å²) < 4.78 is 21.0. The van der Waals surface area contributed by atoms with Crippen LogP contribution >= 0.6 is 46.4 Å². The SMILES string of the molecule is CC(C)(OC1CCCC(COC(Cn2ccnc2)c2ccc(Cl)cc2Cl)O1)c1ccc(Cl)cc1Cl. The van der Waals surface area contributed by atoms with E-state index < -0.39 is 5.60 Å². The molecule has 1 aliphatic rings.